The fraction of sp³-hybridized carbons (Fsp3) is 0.400. The average molecular weight is 424 g/mol. The Hall–Kier alpha value is -1.50. The van der Waals surface area contributed by atoms with E-state index in [0.29, 0.717) is 22.2 Å². The molecule has 4 nitrogen and oxygen atoms in total. The first-order chi connectivity index (χ1) is 13.1. The number of anilines is 1. The molecule has 0 spiro atoms. The Morgan fingerprint density at radius 1 is 1.19 bits per heavy atom. The molecule has 1 amide bonds. The SMILES string of the molecule is CCOC(=O)c1c(NC(=O)CSc2ccc(Cl)cc2)sc2c1CCCCC2. The highest BCUT2D eigenvalue weighted by Gasteiger charge is 2.26. The van der Waals surface area contributed by atoms with Gasteiger partial charge in [-0.1, -0.05) is 18.0 Å². The van der Waals surface area contributed by atoms with Crippen molar-refractivity contribution in [3.8, 4) is 0 Å². The Labute approximate surface area is 172 Å². The molecule has 0 radical (unpaired) electrons. The van der Waals surface area contributed by atoms with Crippen LogP contribution in [0.25, 0.3) is 0 Å². The molecule has 144 valence electrons. The third-order valence-corrected chi connectivity index (χ3v) is 6.81. The molecule has 0 saturated carbocycles. The Bertz CT molecular complexity index is 817. The second-order valence-corrected chi connectivity index (χ2v) is 8.87. The highest BCUT2D eigenvalue weighted by atomic mass is 35.5. The number of thioether (sulfide) groups is 1. The summed E-state index contributed by atoms with van der Waals surface area (Å²) in [4.78, 5) is 27.2. The molecule has 0 aliphatic heterocycles. The number of nitrogens with one attached hydrogen (secondary N) is 1. The van der Waals surface area contributed by atoms with Crippen molar-refractivity contribution in [2.24, 2.45) is 0 Å². The predicted molar refractivity (Wildman–Crippen MR) is 112 cm³/mol. The summed E-state index contributed by atoms with van der Waals surface area (Å²) in [5, 5.41) is 4.24. The zero-order valence-electron chi connectivity index (χ0n) is 15.2. The van der Waals surface area contributed by atoms with Crippen molar-refractivity contribution in [3.63, 3.8) is 0 Å². The number of carbonyl (C=O) groups excluding carboxylic acids is 2. The molecular formula is C20H22ClNO3S2. The van der Waals surface area contributed by atoms with Gasteiger partial charge in [0.1, 0.15) is 5.00 Å². The number of fused-ring (bicyclic) bond motifs is 1. The first-order valence-electron chi connectivity index (χ1n) is 9.08. The van der Waals surface area contributed by atoms with Gasteiger partial charge < -0.3 is 10.1 Å². The Balaban J connectivity index is 1.73. The van der Waals surface area contributed by atoms with Crippen molar-refractivity contribution in [2.45, 2.75) is 43.9 Å². The van der Waals surface area contributed by atoms with E-state index in [1.54, 1.807) is 19.1 Å². The zero-order chi connectivity index (χ0) is 19.2. The number of thiophene rings is 1. The van der Waals surface area contributed by atoms with E-state index in [0.717, 1.165) is 36.1 Å². The topological polar surface area (TPSA) is 55.4 Å². The van der Waals surface area contributed by atoms with Gasteiger partial charge in [0.2, 0.25) is 5.91 Å². The summed E-state index contributed by atoms with van der Waals surface area (Å²) in [5.74, 6) is -0.193. The minimum atomic E-state index is -0.336. The van der Waals surface area contributed by atoms with Crippen LogP contribution in [0.5, 0.6) is 0 Å². The van der Waals surface area contributed by atoms with Crippen LogP contribution >= 0.6 is 34.7 Å². The summed E-state index contributed by atoms with van der Waals surface area (Å²) in [6.07, 6.45) is 5.19. The second kappa shape index (κ2) is 9.62. The second-order valence-electron chi connectivity index (χ2n) is 6.28. The van der Waals surface area contributed by atoms with Crippen molar-refractivity contribution in [1.82, 2.24) is 0 Å². The van der Waals surface area contributed by atoms with Crippen LogP contribution in [0.2, 0.25) is 5.02 Å². The first-order valence-corrected chi connectivity index (χ1v) is 11.3. The van der Waals surface area contributed by atoms with E-state index < -0.39 is 0 Å². The number of carbonyl (C=O) groups is 2. The number of ether oxygens (including phenoxy) is 1. The van der Waals surface area contributed by atoms with Crippen molar-refractivity contribution >= 4 is 51.6 Å². The Morgan fingerprint density at radius 2 is 1.93 bits per heavy atom. The smallest absolute Gasteiger partial charge is 0.341 e. The molecule has 1 aliphatic rings. The van der Waals surface area contributed by atoms with Crippen LogP contribution in [0.15, 0.2) is 29.2 Å². The molecule has 3 rings (SSSR count). The largest absolute Gasteiger partial charge is 0.462 e. The highest BCUT2D eigenvalue weighted by molar-refractivity contribution is 8.00. The van der Waals surface area contributed by atoms with Crippen LogP contribution in [0.1, 0.15) is 47.0 Å². The number of hydrogen-bond donors (Lipinski definition) is 1. The highest BCUT2D eigenvalue weighted by Crippen LogP contribution is 2.38. The Morgan fingerprint density at radius 3 is 2.67 bits per heavy atom. The van der Waals surface area contributed by atoms with E-state index in [9.17, 15) is 9.59 Å². The van der Waals surface area contributed by atoms with Gasteiger partial charge in [0.05, 0.1) is 17.9 Å². The summed E-state index contributed by atoms with van der Waals surface area (Å²) < 4.78 is 5.25. The standard InChI is InChI=1S/C20H22ClNO3S2/c1-2-25-20(24)18-15-6-4-3-5-7-16(15)27-19(18)22-17(23)12-26-14-10-8-13(21)9-11-14/h8-11H,2-7,12H2,1H3,(H,22,23). The lowest BCUT2D eigenvalue weighted by molar-refractivity contribution is -0.113. The summed E-state index contributed by atoms with van der Waals surface area (Å²) >= 11 is 8.84. The molecule has 7 heteroatoms. The van der Waals surface area contributed by atoms with Crippen LogP contribution in [-0.4, -0.2) is 24.2 Å². The van der Waals surface area contributed by atoms with E-state index >= 15 is 0 Å². The number of halogens is 1. The number of benzene rings is 1. The maximum Gasteiger partial charge on any atom is 0.341 e. The van der Waals surface area contributed by atoms with Gasteiger partial charge in [-0.25, -0.2) is 4.79 Å². The van der Waals surface area contributed by atoms with Gasteiger partial charge in [-0.15, -0.1) is 23.1 Å². The number of amides is 1. The summed E-state index contributed by atoms with van der Waals surface area (Å²) in [6, 6.07) is 7.38. The third-order valence-electron chi connectivity index (χ3n) is 4.34. The minimum absolute atomic E-state index is 0.128. The van der Waals surface area contributed by atoms with Crippen molar-refractivity contribution in [2.75, 3.05) is 17.7 Å². The molecular weight excluding hydrogens is 402 g/mol. The molecule has 1 aromatic carbocycles. The Kier molecular flexibility index (Phi) is 7.21. The molecule has 0 fully saturated rings. The lowest BCUT2D eigenvalue weighted by Crippen LogP contribution is -2.16. The molecule has 0 bridgehead atoms. The average Bonchev–Trinajstić information content (AvgIpc) is 2.82. The van der Waals surface area contributed by atoms with Crippen molar-refractivity contribution < 1.29 is 14.3 Å². The summed E-state index contributed by atoms with van der Waals surface area (Å²) in [7, 11) is 0. The van der Waals surface area contributed by atoms with Gasteiger partial charge in [-0.3, -0.25) is 4.79 Å². The van der Waals surface area contributed by atoms with Crippen LogP contribution < -0.4 is 5.32 Å². The van der Waals surface area contributed by atoms with E-state index in [4.69, 9.17) is 16.3 Å². The number of hydrogen-bond acceptors (Lipinski definition) is 5. The molecule has 1 aliphatic carbocycles. The van der Waals surface area contributed by atoms with E-state index in [1.807, 2.05) is 12.1 Å². The van der Waals surface area contributed by atoms with Gasteiger partial charge in [0, 0.05) is 14.8 Å². The molecule has 1 aromatic heterocycles. The normalized spacial score (nSPS) is 13.6. The van der Waals surface area contributed by atoms with Crippen LogP contribution in [0, 0.1) is 0 Å². The van der Waals surface area contributed by atoms with E-state index in [-0.39, 0.29) is 17.6 Å². The third kappa shape index (κ3) is 5.27. The maximum absolute atomic E-state index is 12.5. The predicted octanol–water partition coefficient (Wildman–Crippen LogP) is 5.58. The molecule has 0 atom stereocenters. The number of esters is 1. The van der Waals surface area contributed by atoms with E-state index in [1.165, 1.54) is 34.4 Å². The van der Waals surface area contributed by atoms with Crippen LogP contribution in [0.4, 0.5) is 5.00 Å². The van der Waals surface area contributed by atoms with Gasteiger partial charge in [0.15, 0.2) is 0 Å². The minimum Gasteiger partial charge on any atom is -0.462 e. The molecule has 0 saturated heterocycles. The number of aryl methyl sites for hydroxylation is 1. The van der Waals surface area contributed by atoms with Gasteiger partial charge in [-0.05, 0) is 62.4 Å². The fourth-order valence-electron chi connectivity index (χ4n) is 3.09. The van der Waals surface area contributed by atoms with Gasteiger partial charge >= 0.3 is 5.97 Å². The van der Waals surface area contributed by atoms with Crippen LogP contribution in [-0.2, 0) is 22.4 Å². The van der Waals surface area contributed by atoms with E-state index in [2.05, 4.69) is 5.32 Å². The fourth-order valence-corrected chi connectivity index (χ4v) is 5.21. The first kappa shape index (κ1) is 20.2. The monoisotopic (exact) mass is 423 g/mol. The lowest BCUT2D eigenvalue weighted by Gasteiger charge is -2.08. The lowest BCUT2D eigenvalue weighted by atomic mass is 10.1. The quantitative estimate of drug-likeness (QED) is 0.374. The van der Waals surface area contributed by atoms with Gasteiger partial charge in [-0.2, -0.15) is 0 Å². The maximum atomic E-state index is 12.5. The zero-order valence-corrected chi connectivity index (χ0v) is 17.6. The summed E-state index contributed by atoms with van der Waals surface area (Å²) in [5.41, 5.74) is 1.63. The van der Waals surface area contributed by atoms with Crippen LogP contribution in [0.3, 0.4) is 0 Å². The number of rotatable bonds is 6. The molecule has 2 aromatic rings. The van der Waals surface area contributed by atoms with Crippen molar-refractivity contribution in [1.29, 1.82) is 0 Å². The molecule has 1 heterocycles. The molecule has 27 heavy (non-hydrogen) atoms. The van der Waals surface area contributed by atoms with Gasteiger partial charge in [0.25, 0.3) is 0 Å². The van der Waals surface area contributed by atoms with Crippen molar-refractivity contribution in [3.05, 3.63) is 45.3 Å². The molecule has 0 unspecified atom stereocenters. The molecule has 1 N–H and O–H groups in total. The summed E-state index contributed by atoms with van der Waals surface area (Å²) in [6.45, 7) is 2.12.